The third-order valence-corrected chi connectivity index (χ3v) is 3.98. The van der Waals surface area contributed by atoms with Crippen molar-refractivity contribution in [3.8, 4) is 0 Å². The van der Waals surface area contributed by atoms with E-state index in [9.17, 15) is 8.42 Å². The largest absolute Gasteiger partial charge is 0.377 e. The molecule has 6 heteroatoms. The van der Waals surface area contributed by atoms with E-state index in [1.165, 1.54) is 6.07 Å². The number of nitrogens with zero attached hydrogens (tertiary/aromatic N) is 1. The first-order valence-corrected chi connectivity index (χ1v) is 7.36. The van der Waals surface area contributed by atoms with Crippen LogP contribution < -0.4 is 11.1 Å². The summed E-state index contributed by atoms with van der Waals surface area (Å²) in [6, 6.07) is 10.6. The van der Waals surface area contributed by atoms with Crippen molar-refractivity contribution in [1.29, 1.82) is 0 Å². The maximum absolute atomic E-state index is 11.5. The quantitative estimate of drug-likeness (QED) is 0.862. The van der Waals surface area contributed by atoms with Gasteiger partial charge in [0.1, 0.15) is 0 Å². The number of anilines is 1. The van der Waals surface area contributed by atoms with Gasteiger partial charge in [0.15, 0.2) is 0 Å². The summed E-state index contributed by atoms with van der Waals surface area (Å²) < 4.78 is 23.0. The monoisotopic (exact) mass is 286 g/mol. The first kappa shape index (κ1) is 14.8. The van der Waals surface area contributed by atoms with Gasteiger partial charge in [0, 0.05) is 41.2 Å². The van der Waals surface area contributed by atoms with Gasteiger partial charge in [-0.1, -0.05) is 24.3 Å². The molecule has 0 radical (unpaired) electrons. The molecule has 18 heavy (non-hydrogen) atoms. The molecule has 2 aromatic carbocycles. The summed E-state index contributed by atoms with van der Waals surface area (Å²) in [4.78, 5) is 2.09. The zero-order valence-corrected chi connectivity index (χ0v) is 11.8. The molecule has 0 aliphatic carbocycles. The molecule has 0 amide bonds. The number of hydrogen-bond acceptors (Lipinski definition) is 4. The topological polar surface area (TPSA) is 72.4 Å². The lowest BCUT2D eigenvalue weighted by atomic mass is 10.1. The molecule has 98 valence electrons. The Labute approximate surface area is 111 Å². The van der Waals surface area contributed by atoms with Gasteiger partial charge in [0.25, 0.3) is 9.05 Å². The third-order valence-electron chi connectivity index (χ3n) is 2.60. The Morgan fingerprint density at radius 3 is 2.11 bits per heavy atom. The van der Waals surface area contributed by atoms with Crippen molar-refractivity contribution in [2.75, 3.05) is 19.0 Å². The molecule has 2 aromatic rings. The van der Waals surface area contributed by atoms with Crippen LogP contribution in [0.25, 0.3) is 10.8 Å². The SMILES string of the molecule is CN(C)c1cccc2c(S(=O)(=O)Cl)cccc12.N. The summed E-state index contributed by atoms with van der Waals surface area (Å²) in [7, 11) is 5.54. The number of hydrogen-bond donors (Lipinski definition) is 1. The predicted molar refractivity (Wildman–Crippen MR) is 76.3 cm³/mol. The Balaban J connectivity index is 0.00000162. The molecule has 0 saturated heterocycles. The summed E-state index contributed by atoms with van der Waals surface area (Å²) in [6.45, 7) is 0. The van der Waals surface area contributed by atoms with Crippen LogP contribution in [0, 0.1) is 0 Å². The minimum Gasteiger partial charge on any atom is -0.377 e. The highest BCUT2D eigenvalue weighted by atomic mass is 35.7. The Morgan fingerprint density at radius 1 is 1.00 bits per heavy atom. The number of halogens is 1. The van der Waals surface area contributed by atoms with Gasteiger partial charge in [0.05, 0.1) is 4.90 Å². The Kier molecular flexibility index (Phi) is 4.21. The molecule has 4 nitrogen and oxygen atoms in total. The van der Waals surface area contributed by atoms with Gasteiger partial charge >= 0.3 is 0 Å². The van der Waals surface area contributed by atoms with E-state index >= 15 is 0 Å². The summed E-state index contributed by atoms with van der Waals surface area (Å²) in [5, 5.41) is 1.52. The van der Waals surface area contributed by atoms with Crippen LogP contribution in [-0.2, 0) is 9.05 Å². The lowest BCUT2D eigenvalue weighted by Crippen LogP contribution is -2.09. The molecule has 2 rings (SSSR count). The molecule has 0 aliphatic rings. The predicted octanol–water partition coefficient (Wildman–Crippen LogP) is 3.00. The normalized spacial score (nSPS) is 11.1. The smallest absolute Gasteiger partial charge is 0.261 e. The Bertz CT molecular complexity index is 669. The average molecular weight is 287 g/mol. The van der Waals surface area contributed by atoms with Crippen LogP contribution in [0.15, 0.2) is 41.3 Å². The number of fused-ring (bicyclic) bond motifs is 1. The van der Waals surface area contributed by atoms with Crippen LogP contribution in [0.2, 0.25) is 0 Å². The Hall–Kier alpha value is -1.30. The molecular formula is C12H15ClN2O2S. The van der Waals surface area contributed by atoms with Crippen molar-refractivity contribution in [2.24, 2.45) is 0 Å². The van der Waals surface area contributed by atoms with Crippen LogP contribution in [0.4, 0.5) is 5.69 Å². The summed E-state index contributed by atoms with van der Waals surface area (Å²) >= 11 is 0. The van der Waals surface area contributed by atoms with Gasteiger partial charge in [-0.3, -0.25) is 0 Å². The van der Waals surface area contributed by atoms with E-state index in [4.69, 9.17) is 10.7 Å². The van der Waals surface area contributed by atoms with Crippen LogP contribution in [0.5, 0.6) is 0 Å². The molecule has 0 heterocycles. The zero-order chi connectivity index (χ0) is 12.6. The highest BCUT2D eigenvalue weighted by Crippen LogP contribution is 2.31. The molecule has 3 N–H and O–H groups in total. The number of rotatable bonds is 2. The summed E-state index contributed by atoms with van der Waals surface area (Å²) in [5.41, 5.74) is 0.963. The molecule has 0 atom stereocenters. The lowest BCUT2D eigenvalue weighted by molar-refractivity contribution is 0.610. The van der Waals surface area contributed by atoms with Gasteiger partial charge < -0.3 is 11.1 Å². The van der Waals surface area contributed by atoms with Crippen molar-refractivity contribution < 1.29 is 8.42 Å². The van der Waals surface area contributed by atoms with Crippen molar-refractivity contribution in [3.63, 3.8) is 0 Å². The van der Waals surface area contributed by atoms with Crippen LogP contribution in [0.3, 0.4) is 0 Å². The average Bonchev–Trinajstić information content (AvgIpc) is 2.26. The second-order valence-corrected chi connectivity index (χ2v) is 6.50. The molecule has 0 saturated carbocycles. The van der Waals surface area contributed by atoms with Gasteiger partial charge in [-0.25, -0.2) is 8.42 Å². The molecular weight excluding hydrogens is 272 g/mol. The fourth-order valence-electron chi connectivity index (χ4n) is 1.87. The van der Waals surface area contributed by atoms with E-state index in [1.807, 2.05) is 37.2 Å². The van der Waals surface area contributed by atoms with Crippen LogP contribution in [0.1, 0.15) is 0 Å². The second kappa shape index (κ2) is 5.14. The fraction of sp³-hybridized carbons (Fsp3) is 0.167. The minimum absolute atomic E-state index is 0. The van der Waals surface area contributed by atoms with E-state index < -0.39 is 9.05 Å². The first-order valence-electron chi connectivity index (χ1n) is 5.05. The minimum atomic E-state index is -3.72. The molecule has 0 unspecified atom stereocenters. The van der Waals surface area contributed by atoms with Gasteiger partial charge in [-0.2, -0.15) is 0 Å². The lowest BCUT2D eigenvalue weighted by Gasteiger charge is -2.16. The first-order chi connectivity index (χ1) is 7.91. The summed E-state index contributed by atoms with van der Waals surface area (Å²) in [5.74, 6) is 0. The third kappa shape index (κ3) is 2.58. The molecule has 0 aromatic heterocycles. The number of benzene rings is 2. The van der Waals surface area contributed by atoms with E-state index in [2.05, 4.69) is 0 Å². The molecule has 0 spiro atoms. The zero-order valence-electron chi connectivity index (χ0n) is 10.2. The van der Waals surface area contributed by atoms with E-state index in [0.717, 1.165) is 11.1 Å². The highest BCUT2D eigenvalue weighted by molar-refractivity contribution is 8.14. The van der Waals surface area contributed by atoms with E-state index in [-0.39, 0.29) is 11.0 Å². The van der Waals surface area contributed by atoms with Crippen molar-refractivity contribution in [2.45, 2.75) is 4.90 Å². The molecule has 0 bridgehead atoms. The Morgan fingerprint density at radius 2 is 1.56 bits per heavy atom. The standard InChI is InChI=1S/C12H12ClNO2S.H3N/c1-14(2)11-7-3-6-10-9(11)5-4-8-12(10)17(13,15)16;/h3-8H,1-2H3;1H3. The molecule has 0 fully saturated rings. The summed E-state index contributed by atoms with van der Waals surface area (Å²) in [6.07, 6.45) is 0. The van der Waals surface area contributed by atoms with Crippen LogP contribution >= 0.6 is 10.7 Å². The maximum atomic E-state index is 11.5. The van der Waals surface area contributed by atoms with Crippen LogP contribution in [-0.4, -0.2) is 22.5 Å². The second-order valence-electron chi connectivity index (χ2n) is 3.96. The van der Waals surface area contributed by atoms with Crippen molar-refractivity contribution in [1.82, 2.24) is 6.15 Å². The van der Waals surface area contributed by atoms with Crippen molar-refractivity contribution >= 4 is 36.2 Å². The van der Waals surface area contributed by atoms with Gasteiger partial charge in [-0.05, 0) is 12.1 Å². The fourth-order valence-corrected chi connectivity index (χ4v) is 2.95. The maximum Gasteiger partial charge on any atom is 0.261 e. The van der Waals surface area contributed by atoms with Crippen molar-refractivity contribution in [3.05, 3.63) is 36.4 Å². The van der Waals surface area contributed by atoms with Gasteiger partial charge in [-0.15, -0.1) is 0 Å². The van der Waals surface area contributed by atoms with E-state index in [0.29, 0.717) is 5.39 Å². The molecule has 0 aliphatic heterocycles. The van der Waals surface area contributed by atoms with E-state index in [1.54, 1.807) is 12.1 Å². The van der Waals surface area contributed by atoms with Gasteiger partial charge in [0.2, 0.25) is 0 Å². The highest BCUT2D eigenvalue weighted by Gasteiger charge is 2.15.